The summed E-state index contributed by atoms with van der Waals surface area (Å²) in [5.41, 5.74) is 0. The molecule has 1 aliphatic rings. The maximum atomic E-state index is 11.5. The molecule has 0 saturated heterocycles. The second-order valence-corrected chi connectivity index (χ2v) is 5.47. The van der Waals surface area contributed by atoms with Gasteiger partial charge < -0.3 is 15.1 Å². The fourth-order valence-electron chi connectivity index (χ4n) is 1.58. The van der Waals surface area contributed by atoms with Gasteiger partial charge in [-0.1, -0.05) is 6.92 Å². The van der Waals surface area contributed by atoms with E-state index in [0.717, 1.165) is 43.2 Å². The van der Waals surface area contributed by atoms with Gasteiger partial charge in [-0.3, -0.25) is 4.79 Å². The molecule has 0 bridgehead atoms. The zero-order valence-corrected chi connectivity index (χ0v) is 11.5. The van der Waals surface area contributed by atoms with Gasteiger partial charge in [0, 0.05) is 6.04 Å². The van der Waals surface area contributed by atoms with Crippen LogP contribution in [0, 0.1) is 0 Å². The summed E-state index contributed by atoms with van der Waals surface area (Å²) in [6.45, 7) is 3.77. The van der Waals surface area contributed by atoms with Gasteiger partial charge in [-0.25, -0.2) is 0 Å². The van der Waals surface area contributed by atoms with Crippen LogP contribution in [0.5, 0.6) is 0 Å². The van der Waals surface area contributed by atoms with Crippen molar-refractivity contribution in [3.63, 3.8) is 0 Å². The highest BCUT2D eigenvalue weighted by Crippen LogP contribution is 2.19. The summed E-state index contributed by atoms with van der Waals surface area (Å²) in [5, 5.41) is 6.19. The zero-order chi connectivity index (χ0) is 12.8. The molecular formula is C13H20N2O2S. The highest BCUT2D eigenvalue weighted by atomic mass is 32.2. The van der Waals surface area contributed by atoms with Crippen molar-refractivity contribution in [3.05, 3.63) is 23.7 Å². The average Bonchev–Trinajstić information content (AvgIpc) is 3.04. The minimum atomic E-state index is 0.141. The van der Waals surface area contributed by atoms with Gasteiger partial charge in [0.2, 0.25) is 5.91 Å². The van der Waals surface area contributed by atoms with E-state index in [-0.39, 0.29) is 5.91 Å². The van der Waals surface area contributed by atoms with Crippen LogP contribution >= 0.6 is 11.8 Å². The first kappa shape index (κ1) is 13.5. The number of furan rings is 1. The van der Waals surface area contributed by atoms with Crippen molar-refractivity contribution < 1.29 is 9.21 Å². The van der Waals surface area contributed by atoms with Crippen molar-refractivity contribution in [2.75, 3.05) is 12.3 Å². The molecule has 5 heteroatoms. The molecule has 0 radical (unpaired) electrons. The van der Waals surface area contributed by atoms with Crippen molar-refractivity contribution in [1.82, 2.24) is 10.6 Å². The molecular weight excluding hydrogens is 248 g/mol. The third kappa shape index (κ3) is 4.74. The normalized spacial score (nSPS) is 14.7. The number of carbonyl (C=O) groups excluding carboxylic acids is 1. The topological polar surface area (TPSA) is 54.3 Å². The average molecular weight is 268 g/mol. The molecule has 2 rings (SSSR count). The van der Waals surface area contributed by atoms with Crippen molar-refractivity contribution in [2.24, 2.45) is 0 Å². The Balaban J connectivity index is 1.62. The molecule has 1 aromatic rings. The molecule has 1 fully saturated rings. The van der Waals surface area contributed by atoms with Crippen molar-refractivity contribution in [2.45, 2.75) is 38.1 Å². The lowest BCUT2D eigenvalue weighted by molar-refractivity contribution is -0.118. The predicted molar refractivity (Wildman–Crippen MR) is 73.4 cm³/mol. The van der Waals surface area contributed by atoms with E-state index in [2.05, 4.69) is 17.6 Å². The van der Waals surface area contributed by atoms with Crippen LogP contribution in [-0.2, 0) is 17.1 Å². The Labute approximate surface area is 112 Å². The van der Waals surface area contributed by atoms with Gasteiger partial charge in [-0.15, -0.1) is 11.8 Å². The molecule has 4 nitrogen and oxygen atoms in total. The molecule has 18 heavy (non-hydrogen) atoms. The minimum Gasteiger partial charge on any atom is -0.464 e. The predicted octanol–water partition coefficient (Wildman–Crippen LogP) is 1.90. The Morgan fingerprint density at radius 1 is 1.44 bits per heavy atom. The first-order chi connectivity index (χ1) is 8.78. The Morgan fingerprint density at radius 2 is 2.22 bits per heavy atom. The number of thioether (sulfide) groups is 1. The zero-order valence-electron chi connectivity index (χ0n) is 10.7. The lowest BCUT2D eigenvalue weighted by Crippen LogP contribution is -2.27. The molecule has 1 aliphatic carbocycles. The van der Waals surface area contributed by atoms with Gasteiger partial charge in [0.05, 0.1) is 18.1 Å². The fraction of sp³-hybridized carbons (Fsp3) is 0.615. The maximum Gasteiger partial charge on any atom is 0.230 e. The van der Waals surface area contributed by atoms with Gasteiger partial charge in [0.15, 0.2) is 0 Å². The summed E-state index contributed by atoms with van der Waals surface area (Å²) < 4.78 is 5.65. The number of hydrogen-bond donors (Lipinski definition) is 2. The number of hydrogen-bond acceptors (Lipinski definition) is 4. The quantitative estimate of drug-likeness (QED) is 0.756. The van der Waals surface area contributed by atoms with E-state index in [1.165, 1.54) is 0 Å². The lowest BCUT2D eigenvalue weighted by Gasteiger charge is -2.02. The minimum absolute atomic E-state index is 0.141. The summed E-state index contributed by atoms with van der Waals surface area (Å²) >= 11 is 1.60. The molecule has 0 aromatic carbocycles. The van der Waals surface area contributed by atoms with Gasteiger partial charge in [-0.05, 0) is 31.5 Å². The van der Waals surface area contributed by atoms with E-state index < -0.39 is 0 Å². The smallest absolute Gasteiger partial charge is 0.230 e. The lowest BCUT2D eigenvalue weighted by atomic mass is 10.4. The van der Waals surface area contributed by atoms with Gasteiger partial charge in [0.25, 0.3) is 0 Å². The number of rotatable bonds is 8. The Morgan fingerprint density at radius 3 is 2.94 bits per heavy atom. The molecule has 100 valence electrons. The van der Waals surface area contributed by atoms with E-state index >= 15 is 0 Å². The highest BCUT2D eigenvalue weighted by Gasteiger charge is 2.22. The Hall–Kier alpha value is -0.940. The standard InChI is InChI=1S/C13H20N2O2S/c1-2-14-7-11-5-6-12(17-11)8-18-9-13(16)15-10-3-4-10/h5-6,10,14H,2-4,7-9H2,1H3,(H,15,16). The maximum absolute atomic E-state index is 11.5. The molecule has 0 aliphatic heterocycles. The first-order valence-corrected chi connectivity index (χ1v) is 7.59. The van der Waals surface area contributed by atoms with Crippen LogP contribution in [0.4, 0.5) is 0 Å². The summed E-state index contributed by atoms with van der Waals surface area (Å²) in [6, 6.07) is 4.43. The van der Waals surface area contributed by atoms with E-state index in [4.69, 9.17) is 4.42 Å². The van der Waals surface area contributed by atoms with Crippen LogP contribution in [0.15, 0.2) is 16.5 Å². The molecule has 0 atom stereocenters. The van der Waals surface area contributed by atoms with E-state index in [1.54, 1.807) is 11.8 Å². The SMILES string of the molecule is CCNCc1ccc(CSCC(=O)NC2CC2)o1. The van der Waals surface area contributed by atoms with Gasteiger partial charge in [-0.2, -0.15) is 0 Å². The number of carbonyl (C=O) groups is 1. The highest BCUT2D eigenvalue weighted by molar-refractivity contribution is 7.99. The van der Waals surface area contributed by atoms with Crippen LogP contribution < -0.4 is 10.6 Å². The molecule has 1 saturated carbocycles. The van der Waals surface area contributed by atoms with Crippen molar-refractivity contribution >= 4 is 17.7 Å². The van der Waals surface area contributed by atoms with Crippen molar-refractivity contribution in [1.29, 1.82) is 0 Å². The second-order valence-electron chi connectivity index (χ2n) is 4.48. The van der Waals surface area contributed by atoms with Crippen LogP contribution in [0.25, 0.3) is 0 Å². The Bertz CT molecular complexity index is 388. The number of nitrogens with one attached hydrogen (secondary N) is 2. The van der Waals surface area contributed by atoms with Gasteiger partial charge in [0.1, 0.15) is 11.5 Å². The summed E-state index contributed by atoms with van der Waals surface area (Å²) in [5.74, 6) is 3.30. The molecule has 0 spiro atoms. The largest absolute Gasteiger partial charge is 0.464 e. The van der Waals surface area contributed by atoms with Crippen LogP contribution in [0.3, 0.4) is 0 Å². The van der Waals surface area contributed by atoms with Crippen LogP contribution in [0.1, 0.15) is 31.3 Å². The number of amides is 1. The summed E-state index contributed by atoms with van der Waals surface area (Å²) in [7, 11) is 0. The van der Waals surface area contributed by atoms with Crippen LogP contribution in [0.2, 0.25) is 0 Å². The Kier molecular flexibility index (Phi) is 5.13. The third-order valence-electron chi connectivity index (χ3n) is 2.69. The van der Waals surface area contributed by atoms with Crippen LogP contribution in [-0.4, -0.2) is 24.2 Å². The van der Waals surface area contributed by atoms with Crippen molar-refractivity contribution in [3.8, 4) is 0 Å². The first-order valence-electron chi connectivity index (χ1n) is 6.43. The molecule has 1 aromatic heterocycles. The molecule has 0 unspecified atom stereocenters. The molecule has 2 N–H and O–H groups in total. The third-order valence-corrected chi connectivity index (χ3v) is 3.64. The van der Waals surface area contributed by atoms with E-state index in [1.807, 2.05) is 12.1 Å². The van der Waals surface area contributed by atoms with Gasteiger partial charge >= 0.3 is 0 Å². The summed E-state index contributed by atoms with van der Waals surface area (Å²) in [6.07, 6.45) is 2.28. The molecule has 1 heterocycles. The second kappa shape index (κ2) is 6.85. The molecule has 1 amide bonds. The fourth-order valence-corrected chi connectivity index (χ4v) is 2.31. The monoisotopic (exact) mass is 268 g/mol. The summed E-state index contributed by atoms with van der Waals surface area (Å²) in [4.78, 5) is 11.5. The van der Waals surface area contributed by atoms with E-state index in [0.29, 0.717) is 11.8 Å². The van der Waals surface area contributed by atoms with E-state index in [9.17, 15) is 4.79 Å².